The molecule has 2 amide bonds. The van der Waals surface area contributed by atoms with Crippen LogP contribution in [0.1, 0.15) is 16.8 Å². The summed E-state index contributed by atoms with van der Waals surface area (Å²) >= 11 is 0. The Morgan fingerprint density at radius 2 is 1.90 bits per heavy atom. The standard InChI is InChI=1S/C23H26N4O4/c1-26(14-15-31-21-8-6-20(30-2)7-9-21)23(29)18-4-3-5-19(16-18)25-22(28)10-12-27-13-11-24-17-27/h3-9,11,13,16-17H,10,12,14-15H2,1-2H3,(H,25,28). The second-order valence-corrected chi connectivity index (χ2v) is 6.93. The van der Waals surface area contributed by atoms with Crippen molar-refractivity contribution in [1.82, 2.24) is 14.5 Å². The van der Waals surface area contributed by atoms with Crippen LogP contribution < -0.4 is 14.8 Å². The van der Waals surface area contributed by atoms with Gasteiger partial charge in [-0.2, -0.15) is 0 Å². The number of aryl methyl sites for hydroxylation is 1. The molecular weight excluding hydrogens is 396 g/mol. The van der Waals surface area contributed by atoms with Crippen molar-refractivity contribution in [2.45, 2.75) is 13.0 Å². The summed E-state index contributed by atoms with van der Waals surface area (Å²) in [4.78, 5) is 30.4. The number of carbonyl (C=O) groups is 2. The van der Waals surface area contributed by atoms with Gasteiger partial charge in [-0.3, -0.25) is 9.59 Å². The van der Waals surface area contributed by atoms with Gasteiger partial charge in [0.2, 0.25) is 5.91 Å². The van der Waals surface area contributed by atoms with Crippen molar-refractivity contribution in [3.8, 4) is 11.5 Å². The average Bonchev–Trinajstić information content (AvgIpc) is 3.31. The van der Waals surface area contributed by atoms with Gasteiger partial charge in [0.1, 0.15) is 18.1 Å². The van der Waals surface area contributed by atoms with Crippen LogP contribution in [0.2, 0.25) is 0 Å². The summed E-state index contributed by atoms with van der Waals surface area (Å²) in [6.45, 7) is 1.33. The molecule has 3 rings (SSSR count). The molecule has 0 unspecified atom stereocenters. The quantitative estimate of drug-likeness (QED) is 0.543. The van der Waals surface area contributed by atoms with E-state index in [1.54, 1.807) is 62.0 Å². The predicted molar refractivity (Wildman–Crippen MR) is 117 cm³/mol. The van der Waals surface area contributed by atoms with Gasteiger partial charge in [0.25, 0.3) is 5.91 Å². The smallest absolute Gasteiger partial charge is 0.253 e. The Hall–Kier alpha value is -3.81. The number of benzene rings is 2. The Kier molecular flexibility index (Phi) is 7.64. The van der Waals surface area contributed by atoms with Crippen molar-refractivity contribution in [2.75, 3.05) is 32.6 Å². The molecule has 3 aromatic rings. The van der Waals surface area contributed by atoms with Crippen molar-refractivity contribution in [1.29, 1.82) is 0 Å². The number of methoxy groups -OCH3 is 1. The number of ether oxygens (including phenoxy) is 2. The van der Waals surface area contributed by atoms with Crippen molar-refractivity contribution < 1.29 is 19.1 Å². The van der Waals surface area contributed by atoms with E-state index in [0.717, 1.165) is 5.75 Å². The molecule has 1 N–H and O–H groups in total. The lowest BCUT2D eigenvalue weighted by Gasteiger charge is -2.18. The maximum absolute atomic E-state index is 12.7. The van der Waals surface area contributed by atoms with E-state index in [-0.39, 0.29) is 11.8 Å². The molecule has 0 atom stereocenters. The Balaban J connectivity index is 1.48. The van der Waals surface area contributed by atoms with E-state index < -0.39 is 0 Å². The third kappa shape index (κ3) is 6.60. The lowest BCUT2D eigenvalue weighted by Crippen LogP contribution is -2.31. The highest BCUT2D eigenvalue weighted by molar-refractivity contribution is 5.97. The van der Waals surface area contributed by atoms with Crippen molar-refractivity contribution in [3.05, 3.63) is 72.8 Å². The van der Waals surface area contributed by atoms with Gasteiger partial charge in [-0.15, -0.1) is 0 Å². The monoisotopic (exact) mass is 422 g/mol. The summed E-state index contributed by atoms with van der Waals surface area (Å²) in [5.41, 5.74) is 1.09. The number of amides is 2. The second-order valence-electron chi connectivity index (χ2n) is 6.93. The summed E-state index contributed by atoms with van der Waals surface area (Å²) in [5, 5.41) is 2.83. The first-order valence-corrected chi connectivity index (χ1v) is 9.93. The van der Waals surface area contributed by atoms with E-state index in [1.165, 1.54) is 0 Å². The first-order valence-electron chi connectivity index (χ1n) is 9.93. The van der Waals surface area contributed by atoms with E-state index in [1.807, 2.05) is 28.8 Å². The molecule has 1 heterocycles. The van der Waals surface area contributed by atoms with Crippen molar-refractivity contribution in [3.63, 3.8) is 0 Å². The van der Waals surface area contributed by atoms with Crippen molar-refractivity contribution in [2.24, 2.45) is 0 Å². The van der Waals surface area contributed by atoms with E-state index >= 15 is 0 Å². The molecule has 8 heteroatoms. The van der Waals surface area contributed by atoms with Gasteiger partial charge in [-0.1, -0.05) is 6.07 Å². The fraction of sp³-hybridized carbons (Fsp3) is 0.261. The second kappa shape index (κ2) is 10.8. The van der Waals surface area contributed by atoms with Crippen molar-refractivity contribution >= 4 is 17.5 Å². The third-order valence-electron chi connectivity index (χ3n) is 4.65. The van der Waals surface area contributed by atoms with Crippen LogP contribution in [0.25, 0.3) is 0 Å². The maximum atomic E-state index is 12.7. The normalized spacial score (nSPS) is 10.4. The molecule has 31 heavy (non-hydrogen) atoms. The summed E-state index contributed by atoms with van der Waals surface area (Å²) in [6, 6.07) is 14.2. The third-order valence-corrected chi connectivity index (χ3v) is 4.65. The summed E-state index contributed by atoms with van der Waals surface area (Å²) in [5.74, 6) is 1.20. The highest BCUT2D eigenvalue weighted by Gasteiger charge is 2.13. The zero-order valence-electron chi connectivity index (χ0n) is 17.7. The van der Waals surface area contributed by atoms with E-state index in [2.05, 4.69) is 10.3 Å². The first kappa shape index (κ1) is 21.9. The van der Waals surface area contributed by atoms with E-state index in [9.17, 15) is 9.59 Å². The van der Waals surface area contributed by atoms with Gasteiger partial charge < -0.3 is 24.3 Å². The topological polar surface area (TPSA) is 85.7 Å². The summed E-state index contributed by atoms with van der Waals surface area (Å²) < 4.78 is 12.6. The summed E-state index contributed by atoms with van der Waals surface area (Å²) in [7, 11) is 3.33. The number of anilines is 1. The lowest BCUT2D eigenvalue weighted by atomic mass is 10.1. The van der Waals surface area contributed by atoms with Crippen LogP contribution in [0.15, 0.2) is 67.3 Å². The van der Waals surface area contributed by atoms with E-state index in [0.29, 0.717) is 43.1 Å². The van der Waals surface area contributed by atoms with Gasteiger partial charge in [-0.25, -0.2) is 4.98 Å². The minimum absolute atomic E-state index is 0.125. The first-order chi connectivity index (χ1) is 15.0. The molecule has 0 aliphatic rings. The van der Waals surface area contributed by atoms with Crippen LogP contribution >= 0.6 is 0 Å². The van der Waals surface area contributed by atoms with Crippen LogP contribution in [0, 0.1) is 0 Å². The number of rotatable bonds is 10. The highest BCUT2D eigenvalue weighted by atomic mass is 16.5. The molecule has 0 fully saturated rings. The minimum atomic E-state index is -0.146. The van der Waals surface area contributed by atoms with Crippen LogP contribution in [0.3, 0.4) is 0 Å². The zero-order chi connectivity index (χ0) is 22.1. The molecule has 162 valence electrons. The highest BCUT2D eigenvalue weighted by Crippen LogP contribution is 2.17. The molecule has 0 spiro atoms. The van der Waals surface area contributed by atoms with Crippen LogP contribution in [-0.2, 0) is 11.3 Å². The fourth-order valence-corrected chi connectivity index (χ4v) is 2.90. The number of hydrogen-bond donors (Lipinski definition) is 1. The Morgan fingerprint density at radius 1 is 1.13 bits per heavy atom. The number of nitrogens with zero attached hydrogens (tertiary/aromatic N) is 3. The van der Waals surface area contributed by atoms with Gasteiger partial charge in [0.15, 0.2) is 0 Å². The molecule has 0 saturated heterocycles. The molecule has 2 aromatic carbocycles. The molecule has 0 saturated carbocycles. The maximum Gasteiger partial charge on any atom is 0.253 e. The van der Waals surface area contributed by atoms with Crippen LogP contribution in [0.5, 0.6) is 11.5 Å². The molecule has 1 aromatic heterocycles. The molecule has 0 aliphatic carbocycles. The van der Waals surface area contributed by atoms with Gasteiger partial charge in [0, 0.05) is 43.7 Å². The number of carbonyl (C=O) groups excluding carboxylic acids is 2. The molecule has 8 nitrogen and oxygen atoms in total. The van der Waals surface area contributed by atoms with Gasteiger partial charge in [-0.05, 0) is 42.5 Å². The molecule has 0 radical (unpaired) electrons. The Labute approximate surface area is 181 Å². The van der Waals surface area contributed by atoms with Crippen LogP contribution in [-0.4, -0.2) is 53.6 Å². The number of aromatic nitrogens is 2. The zero-order valence-corrected chi connectivity index (χ0v) is 17.7. The predicted octanol–water partition coefficient (Wildman–Crippen LogP) is 3.07. The number of likely N-dealkylation sites (N-methyl/N-ethyl adjacent to an activating group) is 1. The van der Waals surface area contributed by atoms with E-state index in [4.69, 9.17) is 9.47 Å². The number of nitrogens with one attached hydrogen (secondary N) is 1. The number of hydrogen-bond acceptors (Lipinski definition) is 5. The van der Waals surface area contributed by atoms with Gasteiger partial charge >= 0.3 is 0 Å². The fourth-order valence-electron chi connectivity index (χ4n) is 2.90. The minimum Gasteiger partial charge on any atom is -0.497 e. The SMILES string of the molecule is COc1ccc(OCCN(C)C(=O)c2cccc(NC(=O)CCn3ccnc3)c2)cc1. The number of imidazole rings is 1. The molecule has 0 aliphatic heterocycles. The lowest BCUT2D eigenvalue weighted by molar-refractivity contribution is -0.116. The summed E-state index contributed by atoms with van der Waals surface area (Å²) in [6.07, 6.45) is 5.46. The Bertz CT molecular complexity index is 987. The molecular formula is C23H26N4O4. The largest absolute Gasteiger partial charge is 0.497 e. The average molecular weight is 422 g/mol. The molecule has 0 bridgehead atoms. The van der Waals surface area contributed by atoms with Gasteiger partial charge in [0.05, 0.1) is 20.0 Å². The Morgan fingerprint density at radius 3 is 2.61 bits per heavy atom. The van der Waals surface area contributed by atoms with Crippen LogP contribution in [0.4, 0.5) is 5.69 Å².